The highest BCUT2D eigenvalue weighted by molar-refractivity contribution is 7.99. The molecule has 0 aromatic rings. The molecule has 0 radical (unpaired) electrons. The molecule has 0 unspecified atom stereocenters. The summed E-state index contributed by atoms with van der Waals surface area (Å²) in [4.78, 5) is 12.0. The van der Waals surface area contributed by atoms with Gasteiger partial charge in [-0.25, -0.2) is 0 Å². The fourth-order valence-corrected chi connectivity index (χ4v) is 4.15. The Labute approximate surface area is 115 Å². The molecular formula is C14H26N2OS. The van der Waals surface area contributed by atoms with E-state index in [0.29, 0.717) is 12.1 Å². The quantitative estimate of drug-likeness (QED) is 0.822. The van der Waals surface area contributed by atoms with Crippen molar-refractivity contribution in [3.63, 3.8) is 0 Å². The highest BCUT2D eigenvalue weighted by Crippen LogP contribution is 2.26. The normalized spacial score (nSPS) is 32.7. The SMILES string of the molecule is CC(C)NC(=O)[C@@H]1CCC[C@@H](N[C@H]2CCSC2)C1. The lowest BCUT2D eigenvalue weighted by molar-refractivity contribution is -0.126. The second-order valence-corrected chi connectivity index (χ2v) is 7.10. The first kappa shape index (κ1) is 14.2. The van der Waals surface area contributed by atoms with Gasteiger partial charge in [-0.2, -0.15) is 11.8 Å². The molecule has 4 heteroatoms. The summed E-state index contributed by atoms with van der Waals surface area (Å²) in [5.74, 6) is 3.03. The van der Waals surface area contributed by atoms with Crippen LogP contribution in [0.3, 0.4) is 0 Å². The Morgan fingerprint density at radius 3 is 2.72 bits per heavy atom. The van der Waals surface area contributed by atoms with E-state index in [1.807, 2.05) is 25.6 Å². The molecule has 1 saturated heterocycles. The van der Waals surface area contributed by atoms with Gasteiger partial charge in [-0.3, -0.25) is 4.79 Å². The van der Waals surface area contributed by atoms with Crippen LogP contribution < -0.4 is 10.6 Å². The summed E-state index contributed by atoms with van der Waals surface area (Å²) in [5, 5.41) is 6.81. The van der Waals surface area contributed by atoms with Gasteiger partial charge in [0.15, 0.2) is 0 Å². The zero-order valence-corrected chi connectivity index (χ0v) is 12.4. The van der Waals surface area contributed by atoms with E-state index in [4.69, 9.17) is 0 Å². The molecular weight excluding hydrogens is 244 g/mol. The number of carbonyl (C=O) groups is 1. The largest absolute Gasteiger partial charge is 0.354 e. The maximum atomic E-state index is 12.0. The molecule has 2 fully saturated rings. The third kappa shape index (κ3) is 4.16. The summed E-state index contributed by atoms with van der Waals surface area (Å²) in [5.41, 5.74) is 0. The summed E-state index contributed by atoms with van der Waals surface area (Å²) in [6, 6.07) is 1.51. The molecule has 0 aromatic carbocycles. The van der Waals surface area contributed by atoms with Crippen LogP contribution in [-0.4, -0.2) is 35.5 Å². The highest BCUT2D eigenvalue weighted by Gasteiger charge is 2.29. The molecule has 3 atom stereocenters. The van der Waals surface area contributed by atoms with Crippen molar-refractivity contribution in [2.45, 2.75) is 64.1 Å². The van der Waals surface area contributed by atoms with Gasteiger partial charge in [0.2, 0.25) is 5.91 Å². The van der Waals surface area contributed by atoms with E-state index in [9.17, 15) is 4.79 Å². The Morgan fingerprint density at radius 2 is 2.06 bits per heavy atom. The van der Waals surface area contributed by atoms with E-state index < -0.39 is 0 Å². The third-order valence-corrected chi connectivity index (χ3v) is 5.04. The minimum atomic E-state index is 0.229. The van der Waals surface area contributed by atoms with Gasteiger partial charge >= 0.3 is 0 Å². The number of hydrogen-bond acceptors (Lipinski definition) is 3. The van der Waals surface area contributed by atoms with Crippen LogP contribution in [0.1, 0.15) is 46.0 Å². The predicted molar refractivity (Wildman–Crippen MR) is 77.9 cm³/mol. The molecule has 0 aromatic heterocycles. The third-order valence-electron chi connectivity index (χ3n) is 3.88. The smallest absolute Gasteiger partial charge is 0.223 e. The van der Waals surface area contributed by atoms with Crippen molar-refractivity contribution >= 4 is 17.7 Å². The number of hydrogen-bond donors (Lipinski definition) is 2. The molecule has 1 aliphatic heterocycles. The summed E-state index contributed by atoms with van der Waals surface area (Å²) in [7, 11) is 0. The minimum absolute atomic E-state index is 0.229. The molecule has 1 saturated carbocycles. The van der Waals surface area contributed by atoms with Crippen LogP contribution in [0.25, 0.3) is 0 Å². The van der Waals surface area contributed by atoms with Crippen LogP contribution in [-0.2, 0) is 4.79 Å². The zero-order chi connectivity index (χ0) is 13.0. The molecule has 104 valence electrons. The fourth-order valence-electron chi connectivity index (χ4n) is 2.98. The molecule has 1 aliphatic carbocycles. The van der Waals surface area contributed by atoms with E-state index >= 15 is 0 Å². The lowest BCUT2D eigenvalue weighted by atomic mass is 9.84. The Kier molecular flexibility index (Phi) is 5.37. The van der Waals surface area contributed by atoms with Crippen molar-refractivity contribution in [2.24, 2.45) is 5.92 Å². The number of thioether (sulfide) groups is 1. The Hall–Kier alpha value is -0.220. The van der Waals surface area contributed by atoms with Crippen LogP contribution in [0.2, 0.25) is 0 Å². The van der Waals surface area contributed by atoms with Crippen molar-refractivity contribution in [1.29, 1.82) is 0 Å². The van der Waals surface area contributed by atoms with Gasteiger partial charge in [-0.1, -0.05) is 6.42 Å². The van der Waals surface area contributed by atoms with Gasteiger partial charge in [0, 0.05) is 29.8 Å². The number of carbonyl (C=O) groups excluding carboxylic acids is 1. The lowest BCUT2D eigenvalue weighted by Crippen LogP contribution is -2.45. The monoisotopic (exact) mass is 270 g/mol. The average Bonchev–Trinajstić information content (AvgIpc) is 2.81. The molecule has 2 N–H and O–H groups in total. The van der Waals surface area contributed by atoms with Gasteiger partial charge in [0.25, 0.3) is 0 Å². The van der Waals surface area contributed by atoms with Crippen molar-refractivity contribution in [2.75, 3.05) is 11.5 Å². The Balaban J connectivity index is 1.78. The highest BCUT2D eigenvalue weighted by atomic mass is 32.2. The molecule has 0 bridgehead atoms. The Bertz CT molecular complexity index is 277. The molecule has 2 aliphatic rings. The second-order valence-electron chi connectivity index (χ2n) is 5.95. The molecule has 1 amide bonds. The standard InChI is InChI=1S/C14H26N2OS/c1-10(2)15-14(17)11-4-3-5-12(8-11)16-13-6-7-18-9-13/h10-13,16H,3-9H2,1-2H3,(H,15,17)/t11-,12-,13+/m1/s1. The van der Waals surface area contributed by atoms with Gasteiger partial charge in [0.1, 0.15) is 0 Å². The van der Waals surface area contributed by atoms with Gasteiger partial charge in [0.05, 0.1) is 0 Å². The van der Waals surface area contributed by atoms with E-state index in [1.54, 1.807) is 0 Å². The predicted octanol–water partition coefficient (Wildman–Crippen LogP) is 2.16. The first-order valence-corrected chi connectivity index (χ1v) is 8.45. The zero-order valence-electron chi connectivity index (χ0n) is 11.6. The van der Waals surface area contributed by atoms with E-state index in [1.165, 1.54) is 30.8 Å². The van der Waals surface area contributed by atoms with Crippen molar-refractivity contribution in [3.8, 4) is 0 Å². The second kappa shape index (κ2) is 6.80. The number of nitrogens with one attached hydrogen (secondary N) is 2. The van der Waals surface area contributed by atoms with E-state index in [0.717, 1.165) is 12.8 Å². The fraction of sp³-hybridized carbons (Fsp3) is 0.929. The van der Waals surface area contributed by atoms with Gasteiger partial charge in [-0.05, 0) is 45.3 Å². The van der Waals surface area contributed by atoms with Crippen molar-refractivity contribution in [1.82, 2.24) is 10.6 Å². The molecule has 0 spiro atoms. The first-order chi connectivity index (χ1) is 8.65. The van der Waals surface area contributed by atoms with Crippen molar-refractivity contribution in [3.05, 3.63) is 0 Å². The summed E-state index contributed by atoms with van der Waals surface area (Å²) >= 11 is 2.04. The Morgan fingerprint density at radius 1 is 1.22 bits per heavy atom. The van der Waals surface area contributed by atoms with Gasteiger partial charge < -0.3 is 10.6 Å². The maximum Gasteiger partial charge on any atom is 0.223 e. The number of rotatable bonds is 4. The molecule has 1 heterocycles. The first-order valence-electron chi connectivity index (χ1n) is 7.29. The molecule has 3 nitrogen and oxygen atoms in total. The molecule has 18 heavy (non-hydrogen) atoms. The van der Waals surface area contributed by atoms with Crippen LogP contribution >= 0.6 is 11.8 Å². The summed E-state index contributed by atoms with van der Waals surface area (Å²) in [6.45, 7) is 4.07. The minimum Gasteiger partial charge on any atom is -0.354 e. The van der Waals surface area contributed by atoms with Crippen LogP contribution in [0.5, 0.6) is 0 Å². The van der Waals surface area contributed by atoms with Crippen molar-refractivity contribution < 1.29 is 4.79 Å². The molecule has 2 rings (SSSR count). The number of amides is 1. The topological polar surface area (TPSA) is 41.1 Å². The van der Waals surface area contributed by atoms with Crippen LogP contribution in [0, 0.1) is 5.92 Å². The van der Waals surface area contributed by atoms with Gasteiger partial charge in [-0.15, -0.1) is 0 Å². The maximum absolute atomic E-state index is 12.0. The van der Waals surface area contributed by atoms with Crippen LogP contribution in [0.4, 0.5) is 0 Å². The summed E-state index contributed by atoms with van der Waals surface area (Å²) in [6.07, 6.45) is 5.82. The summed E-state index contributed by atoms with van der Waals surface area (Å²) < 4.78 is 0. The van der Waals surface area contributed by atoms with E-state index in [2.05, 4.69) is 10.6 Å². The lowest BCUT2D eigenvalue weighted by Gasteiger charge is -2.31. The van der Waals surface area contributed by atoms with E-state index in [-0.39, 0.29) is 17.9 Å². The average molecular weight is 270 g/mol. The van der Waals surface area contributed by atoms with Crippen LogP contribution in [0.15, 0.2) is 0 Å².